The van der Waals surface area contributed by atoms with Gasteiger partial charge in [0.2, 0.25) is 0 Å². The first-order chi connectivity index (χ1) is 12.4. The maximum absolute atomic E-state index is 11.9. The summed E-state index contributed by atoms with van der Waals surface area (Å²) >= 11 is 0. The van der Waals surface area contributed by atoms with Crippen molar-refractivity contribution in [3.63, 3.8) is 0 Å². The summed E-state index contributed by atoms with van der Waals surface area (Å²) in [5.41, 5.74) is 0.353. The minimum Gasteiger partial charge on any atom is -0.872 e. The SMILES string of the molecule is CCCCCCCCc1c(Oc2ccccc2)cc([O-])cc1S(=O)(=O)O.[Na+]. The van der Waals surface area contributed by atoms with E-state index < -0.39 is 15.9 Å². The van der Waals surface area contributed by atoms with Crippen LogP contribution < -0.4 is 39.4 Å². The molecule has 0 radical (unpaired) electrons. The van der Waals surface area contributed by atoms with Gasteiger partial charge in [0.05, 0.1) is 0 Å². The van der Waals surface area contributed by atoms with E-state index in [-0.39, 0.29) is 40.2 Å². The van der Waals surface area contributed by atoms with Crippen LogP contribution in [0.3, 0.4) is 0 Å². The Bertz CT molecular complexity index is 807. The van der Waals surface area contributed by atoms with Crippen molar-refractivity contribution < 1.29 is 52.4 Å². The molecule has 0 aromatic heterocycles. The van der Waals surface area contributed by atoms with Crippen molar-refractivity contribution in [1.82, 2.24) is 0 Å². The summed E-state index contributed by atoms with van der Waals surface area (Å²) < 4.78 is 38.8. The van der Waals surface area contributed by atoms with Crippen LogP contribution in [0.25, 0.3) is 0 Å². The zero-order valence-electron chi connectivity index (χ0n) is 16.0. The van der Waals surface area contributed by atoms with Gasteiger partial charge in [-0.15, -0.1) is 5.75 Å². The molecule has 0 heterocycles. The first-order valence-corrected chi connectivity index (χ1v) is 10.4. The van der Waals surface area contributed by atoms with Crippen molar-refractivity contribution >= 4 is 10.1 Å². The van der Waals surface area contributed by atoms with Gasteiger partial charge in [0.25, 0.3) is 10.1 Å². The molecular weight excluding hydrogens is 375 g/mol. The van der Waals surface area contributed by atoms with Crippen molar-refractivity contribution in [3.05, 3.63) is 48.0 Å². The van der Waals surface area contributed by atoms with Crippen LogP contribution in [0.4, 0.5) is 0 Å². The molecule has 142 valence electrons. The molecule has 0 spiro atoms. The normalized spacial score (nSPS) is 11.0. The van der Waals surface area contributed by atoms with Crippen LogP contribution in [-0.4, -0.2) is 13.0 Å². The molecule has 0 bridgehead atoms. The van der Waals surface area contributed by atoms with Crippen LogP contribution in [0.15, 0.2) is 47.4 Å². The van der Waals surface area contributed by atoms with Crippen molar-refractivity contribution in [2.45, 2.75) is 56.8 Å². The van der Waals surface area contributed by atoms with Crippen molar-refractivity contribution in [2.75, 3.05) is 0 Å². The zero-order valence-corrected chi connectivity index (χ0v) is 18.8. The summed E-state index contributed by atoms with van der Waals surface area (Å²) in [6.45, 7) is 2.15. The topological polar surface area (TPSA) is 86.7 Å². The van der Waals surface area contributed by atoms with Crippen LogP contribution >= 0.6 is 0 Å². The standard InChI is InChI=1S/C20H26O5S.Na/c1-2-3-4-5-6-10-13-18-19(25-17-11-8-7-9-12-17)14-16(21)15-20(18)26(22,23)24;/h7-9,11-12,14-15,21H,2-6,10,13H2,1H3,(H,22,23,24);/q;+1/p-1. The monoisotopic (exact) mass is 400 g/mol. The van der Waals surface area contributed by atoms with E-state index in [1.54, 1.807) is 24.3 Å². The molecule has 0 aliphatic rings. The number of para-hydroxylation sites is 1. The molecule has 2 rings (SSSR count). The second-order valence-electron chi connectivity index (χ2n) is 6.31. The maximum atomic E-state index is 11.9. The van der Waals surface area contributed by atoms with E-state index in [0.29, 0.717) is 17.7 Å². The number of unbranched alkanes of at least 4 members (excludes halogenated alkanes) is 5. The summed E-state index contributed by atoms with van der Waals surface area (Å²) in [6, 6.07) is 11.1. The first-order valence-electron chi connectivity index (χ1n) is 8.96. The summed E-state index contributed by atoms with van der Waals surface area (Å²) in [5.74, 6) is 0.170. The fourth-order valence-corrected chi connectivity index (χ4v) is 3.64. The van der Waals surface area contributed by atoms with Gasteiger partial charge in [-0.25, -0.2) is 0 Å². The van der Waals surface area contributed by atoms with Gasteiger partial charge in [0.1, 0.15) is 16.4 Å². The second-order valence-corrected chi connectivity index (χ2v) is 7.70. The average molecular weight is 400 g/mol. The van der Waals surface area contributed by atoms with Crippen LogP contribution in [0.5, 0.6) is 17.2 Å². The van der Waals surface area contributed by atoms with Gasteiger partial charge in [0.15, 0.2) is 0 Å². The molecule has 0 unspecified atom stereocenters. The molecular formula is C20H25NaO5S. The number of hydrogen-bond donors (Lipinski definition) is 1. The van der Waals surface area contributed by atoms with Gasteiger partial charge >= 0.3 is 29.6 Å². The van der Waals surface area contributed by atoms with Gasteiger partial charge in [-0.1, -0.05) is 57.2 Å². The smallest absolute Gasteiger partial charge is 0.872 e. The fourth-order valence-electron chi connectivity index (χ4n) is 2.86. The van der Waals surface area contributed by atoms with E-state index in [1.807, 2.05) is 6.07 Å². The Morgan fingerprint density at radius 3 is 2.26 bits per heavy atom. The molecule has 0 aliphatic heterocycles. The molecule has 1 N–H and O–H groups in total. The molecule has 7 heteroatoms. The van der Waals surface area contributed by atoms with Gasteiger partial charge in [-0.05, 0) is 37.1 Å². The molecule has 0 aliphatic carbocycles. The molecule has 5 nitrogen and oxygen atoms in total. The Hall–Kier alpha value is -1.05. The molecule has 0 fully saturated rings. The van der Waals surface area contributed by atoms with Crippen molar-refractivity contribution in [2.24, 2.45) is 0 Å². The van der Waals surface area contributed by atoms with E-state index >= 15 is 0 Å². The maximum Gasteiger partial charge on any atom is 1.00 e. The average Bonchev–Trinajstić information content (AvgIpc) is 2.59. The summed E-state index contributed by atoms with van der Waals surface area (Å²) in [5, 5.41) is 11.9. The summed E-state index contributed by atoms with van der Waals surface area (Å²) in [6.07, 6.45) is 6.70. The van der Waals surface area contributed by atoms with E-state index in [0.717, 1.165) is 38.2 Å². The van der Waals surface area contributed by atoms with E-state index in [9.17, 15) is 18.1 Å². The summed E-state index contributed by atoms with van der Waals surface area (Å²) in [7, 11) is -4.50. The molecule has 2 aromatic carbocycles. The predicted molar refractivity (Wildman–Crippen MR) is 99.3 cm³/mol. The quantitative estimate of drug-likeness (QED) is 0.373. The molecule has 0 amide bonds. The Morgan fingerprint density at radius 2 is 1.63 bits per heavy atom. The molecule has 27 heavy (non-hydrogen) atoms. The van der Waals surface area contributed by atoms with E-state index in [4.69, 9.17) is 4.74 Å². The minimum atomic E-state index is -4.50. The van der Waals surface area contributed by atoms with Crippen LogP contribution in [0, 0.1) is 0 Å². The third kappa shape index (κ3) is 7.84. The third-order valence-corrected chi connectivity index (χ3v) is 5.09. The predicted octanol–water partition coefficient (Wildman–Crippen LogP) is 1.71. The van der Waals surface area contributed by atoms with Crippen LogP contribution in [0.2, 0.25) is 0 Å². The first kappa shape index (κ1) is 24.0. The molecule has 2 aromatic rings. The van der Waals surface area contributed by atoms with Gasteiger partial charge in [-0.3, -0.25) is 4.55 Å². The van der Waals surface area contributed by atoms with Gasteiger partial charge < -0.3 is 9.84 Å². The largest absolute Gasteiger partial charge is 1.00 e. The van der Waals surface area contributed by atoms with Crippen molar-refractivity contribution in [3.8, 4) is 17.2 Å². The number of rotatable bonds is 10. The summed E-state index contributed by atoms with van der Waals surface area (Å²) in [4.78, 5) is -0.357. The number of benzene rings is 2. The second kappa shape index (κ2) is 11.7. The molecule has 0 atom stereocenters. The molecule has 0 saturated heterocycles. The third-order valence-electron chi connectivity index (χ3n) is 4.17. The minimum absolute atomic E-state index is 0. The van der Waals surface area contributed by atoms with E-state index in [1.165, 1.54) is 12.5 Å². The Kier molecular flexibility index (Phi) is 10.4. The fraction of sp³-hybridized carbons (Fsp3) is 0.400. The zero-order chi connectivity index (χ0) is 19.0. The van der Waals surface area contributed by atoms with E-state index in [2.05, 4.69) is 6.92 Å². The van der Waals surface area contributed by atoms with Gasteiger partial charge in [0, 0.05) is 5.56 Å². The molecule has 0 saturated carbocycles. The number of ether oxygens (including phenoxy) is 1. The van der Waals surface area contributed by atoms with Crippen LogP contribution in [-0.2, 0) is 16.5 Å². The van der Waals surface area contributed by atoms with Gasteiger partial charge in [-0.2, -0.15) is 8.42 Å². The Balaban J connectivity index is 0.00000364. The Labute approximate surface area is 183 Å². The Morgan fingerprint density at radius 1 is 1.00 bits per heavy atom. The van der Waals surface area contributed by atoms with Crippen molar-refractivity contribution in [1.29, 1.82) is 0 Å². The number of hydrogen-bond acceptors (Lipinski definition) is 4. The van der Waals surface area contributed by atoms with Crippen LogP contribution in [0.1, 0.15) is 51.0 Å².